The predicted octanol–water partition coefficient (Wildman–Crippen LogP) is 3.16. The molecule has 3 nitrogen and oxygen atoms in total. The third kappa shape index (κ3) is 13.2. The van der Waals surface area contributed by atoms with E-state index in [0.29, 0.717) is 11.0 Å². The Kier molecular flexibility index (Phi) is 15.3. The van der Waals surface area contributed by atoms with Crippen molar-refractivity contribution in [2.45, 2.75) is 6.92 Å². The van der Waals surface area contributed by atoms with E-state index in [2.05, 4.69) is 12.2 Å². The molecule has 2 N–H and O–H groups in total. The number of hydrogen-bond acceptors (Lipinski definition) is 7. The summed E-state index contributed by atoms with van der Waals surface area (Å²) >= 11 is 8.05. The predicted molar refractivity (Wildman–Crippen MR) is 83.6 cm³/mol. The molecule has 0 aromatic heterocycles. The Hall–Kier alpha value is 1.18. The maximum Gasteiger partial charge on any atom is 0.280 e. The van der Waals surface area contributed by atoms with Crippen molar-refractivity contribution in [1.82, 2.24) is 5.32 Å². The third-order valence-corrected chi connectivity index (χ3v) is 6.37. The molecule has 0 heterocycles. The summed E-state index contributed by atoms with van der Waals surface area (Å²) in [5.41, 5.74) is 0. The van der Waals surface area contributed by atoms with Crippen LogP contribution in [0.5, 0.6) is 0 Å². The molecule has 0 unspecified atom stereocenters. The molecule has 0 bridgehead atoms. The van der Waals surface area contributed by atoms with Crippen molar-refractivity contribution in [2.24, 2.45) is 0 Å². The first-order valence-electron chi connectivity index (χ1n) is 4.63. The van der Waals surface area contributed by atoms with E-state index in [0.717, 1.165) is 15.9 Å². The maximum absolute atomic E-state index is 11.2. The Morgan fingerprint density at radius 2 is 1.88 bits per heavy atom. The van der Waals surface area contributed by atoms with Gasteiger partial charge in [0.1, 0.15) is 0 Å². The molecule has 0 spiro atoms. The fourth-order valence-electron chi connectivity index (χ4n) is 0.570. The largest absolute Gasteiger partial charge is 0.386 e. The van der Waals surface area contributed by atoms with E-state index in [4.69, 9.17) is 5.11 Å². The van der Waals surface area contributed by atoms with E-state index in [-0.39, 0.29) is 11.2 Å². The topological polar surface area (TPSA) is 49.3 Å². The molecule has 96 valence electrons. The Morgan fingerprint density at radius 3 is 2.56 bits per heavy atom. The summed E-state index contributed by atoms with van der Waals surface area (Å²) in [5, 5.41) is 14.0. The first-order valence-corrected chi connectivity index (χ1v) is 10.2. The van der Waals surface area contributed by atoms with Gasteiger partial charge in [-0.15, -0.1) is 35.3 Å². The Morgan fingerprint density at radius 1 is 1.12 bits per heavy atom. The van der Waals surface area contributed by atoms with E-state index >= 15 is 0 Å². The minimum absolute atomic E-state index is 0.0126. The van der Waals surface area contributed by atoms with Gasteiger partial charge in [-0.1, -0.05) is 18.7 Å². The molecular formula is C8H17NO2S5. The number of rotatable bonds is 10. The van der Waals surface area contributed by atoms with Crippen molar-refractivity contribution in [3.8, 4) is 0 Å². The molecule has 8 heteroatoms. The second-order valence-corrected chi connectivity index (χ2v) is 8.59. The Labute approximate surface area is 118 Å². The molecule has 0 saturated carbocycles. The van der Waals surface area contributed by atoms with Crippen LogP contribution in [0.15, 0.2) is 0 Å². The summed E-state index contributed by atoms with van der Waals surface area (Å²) < 4.78 is 0. The second kappa shape index (κ2) is 14.2. The van der Waals surface area contributed by atoms with Gasteiger partial charge in [0.25, 0.3) is 5.24 Å². The van der Waals surface area contributed by atoms with E-state index in [1.807, 2.05) is 23.5 Å². The highest BCUT2D eigenvalue weighted by Crippen LogP contribution is 2.17. The van der Waals surface area contributed by atoms with Gasteiger partial charge in [0.05, 0.1) is 16.9 Å². The van der Waals surface area contributed by atoms with Crippen LogP contribution in [0.2, 0.25) is 0 Å². The van der Waals surface area contributed by atoms with Crippen LogP contribution in [0, 0.1) is 0 Å². The molecule has 0 fully saturated rings. The van der Waals surface area contributed by atoms with Crippen molar-refractivity contribution < 1.29 is 9.90 Å². The van der Waals surface area contributed by atoms with E-state index in [1.165, 1.54) is 23.5 Å². The van der Waals surface area contributed by atoms with Crippen LogP contribution in [0.4, 0.5) is 4.79 Å². The highest BCUT2D eigenvalue weighted by molar-refractivity contribution is 8.24. The van der Waals surface area contributed by atoms with Crippen molar-refractivity contribution in [3.05, 3.63) is 0 Å². The zero-order chi connectivity index (χ0) is 12.1. The van der Waals surface area contributed by atoms with Crippen LogP contribution < -0.4 is 5.32 Å². The quantitative estimate of drug-likeness (QED) is 0.474. The molecular weight excluding hydrogens is 302 g/mol. The van der Waals surface area contributed by atoms with Crippen LogP contribution in [0.1, 0.15) is 6.92 Å². The molecule has 0 aliphatic rings. The number of carbonyl (C=O) groups is 1. The average Bonchev–Trinajstić information content (AvgIpc) is 2.28. The number of thioether (sulfide) groups is 5. The minimum Gasteiger partial charge on any atom is -0.386 e. The van der Waals surface area contributed by atoms with Gasteiger partial charge in [0, 0.05) is 10.2 Å². The number of amides is 1. The molecule has 1 amide bonds. The fraction of sp³-hybridized carbons (Fsp3) is 0.875. The van der Waals surface area contributed by atoms with Gasteiger partial charge in [-0.3, -0.25) is 4.79 Å². The summed E-state index contributed by atoms with van der Waals surface area (Å²) in [6, 6.07) is 0. The van der Waals surface area contributed by atoms with Gasteiger partial charge in [-0.05, 0) is 5.75 Å². The lowest BCUT2D eigenvalue weighted by Crippen LogP contribution is -2.17. The summed E-state index contributed by atoms with van der Waals surface area (Å²) in [5.74, 6) is 1.90. The number of hydrogen-bond donors (Lipinski definition) is 2. The second-order valence-electron chi connectivity index (χ2n) is 2.34. The van der Waals surface area contributed by atoms with Crippen LogP contribution in [-0.4, -0.2) is 43.2 Å². The van der Waals surface area contributed by atoms with Gasteiger partial charge < -0.3 is 10.4 Å². The molecule has 16 heavy (non-hydrogen) atoms. The van der Waals surface area contributed by atoms with Crippen LogP contribution >= 0.6 is 58.8 Å². The molecule has 0 atom stereocenters. The van der Waals surface area contributed by atoms with Crippen LogP contribution in [0.25, 0.3) is 0 Å². The summed E-state index contributed by atoms with van der Waals surface area (Å²) in [4.78, 5) is 11.2. The van der Waals surface area contributed by atoms with Crippen molar-refractivity contribution in [2.75, 3.05) is 32.8 Å². The first-order chi connectivity index (χ1) is 7.81. The van der Waals surface area contributed by atoms with Crippen molar-refractivity contribution in [1.29, 1.82) is 0 Å². The monoisotopic (exact) mass is 319 g/mol. The molecule has 0 saturated heterocycles. The van der Waals surface area contributed by atoms with Gasteiger partial charge in [0.15, 0.2) is 0 Å². The van der Waals surface area contributed by atoms with Gasteiger partial charge in [-0.2, -0.15) is 11.8 Å². The van der Waals surface area contributed by atoms with Gasteiger partial charge in [0.2, 0.25) is 0 Å². The van der Waals surface area contributed by atoms with E-state index in [9.17, 15) is 4.79 Å². The fourth-order valence-corrected chi connectivity index (χ4v) is 4.96. The maximum atomic E-state index is 11.2. The number of nitrogens with one attached hydrogen (secondary N) is 1. The molecule has 0 aromatic rings. The van der Waals surface area contributed by atoms with Crippen molar-refractivity contribution >= 4 is 64.0 Å². The number of aliphatic hydroxyl groups excluding tert-OH is 1. The lowest BCUT2D eigenvalue weighted by atomic mass is 11.0. The van der Waals surface area contributed by atoms with Crippen LogP contribution in [0.3, 0.4) is 0 Å². The molecule has 0 aliphatic heterocycles. The molecule has 0 rings (SSSR count). The SMILES string of the molecule is CCSCSCSCNC(=O)SCSCO. The summed E-state index contributed by atoms with van der Waals surface area (Å²) in [6.45, 7) is 2.15. The zero-order valence-electron chi connectivity index (χ0n) is 9.14. The van der Waals surface area contributed by atoms with E-state index < -0.39 is 0 Å². The summed E-state index contributed by atoms with van der Waals surface area (Å²) in [6.07, 6.45) is 0. The summed E-state index contributed by atoms with van der Waals surface area (Å²) in [7, 11) is 0. The van der Waals surface area contributed by atoms with Crippen molar-refractivity contribution in [3.63, 3.8) is 0 Å². The molecule has 0 aromatic carbocycles. The zero-order valence-corrected chi connectivity index (χ0v) is 13.2. The highest BCUT2D eigenvalue weighted by atomic mass is 32.2. The molecule has 0 aliphatic carbocycles. The Bertz CT molecular complexity index is 173. The standard InChI is InChI=1S/C8H17NO2S5/c1-2-12-5-15-6-13-3-9-8(11)16-7-14-4-10/h10H,2-7H2,1H3,(H,9,11). The van der Waals surface area contributed by atoms with Gasteiger partial charge >= 0.3 is 0 Å². The smallest absolute Gasteiger partial charge is 0.280 e. The third-order valence-electron chi connectivity index (χ3n) is 1.22. The first kappa shape index (κ1) is 17.2. The lowest BCUT2D eigenvalue weighted by molar-refractivity contribution is 0.262. The Balaban J connectivity index is 3.09. The highest BCUT2D eigenvalue weighted by Gasteiger charge is 2.00. The van der Waals surface area contributed by atoms with Crippen LogP contribution in [-0.2, 0) is 0 Å². The van der Waals surface area contributed by atoms with Gasteiger partial charge in [-0.25, -0.2) is 0 Å². The molecule has 0 radical (unpaired) electrons. The average molecular weight is 320 g/mol. The minimum atomic E-state index is -0.0126. The lowest BCUT2D eigenvalue weighted by Gasteiger charge is -2.03. The normalized spacial score (nSPS) is 10.4. The van der Waals surface area contributed by atoms with E-state index in [1.54, 1.807) is 11.8 Å². The number of aliphatic hydroxyl groups is 1. The number of carbonyl (C=O) groups excluding carboxylic acids is 1.